The highest BCUT2D eigenvalue weighted by Gasteiger charge is 2.52. The van der Waals surface area contributed by atoms with Crippen molar-refractivity contribution in [2.24, 2.45) is 11.3 Å². The first-order valence-corrected chi connectivity index (χ1v) is 4.32. The van der Waals surface area contributed by atoms with Gasteiger partial charge in [0.05, 0.1) is 0 Å². The van der Waals surface area contributed by atoms with Gasteiger partial charge in [0.2, 0.25) is 0 Å². The van der Waals surface area contributed by atoms with E-state index in [9.17, 15) is 0 Å². The van der Waals surface area contributed by atoms with E-state index in [4.69, 9.17) is 0 Å². The van der Waals surface area contributed by atoms with Crippen molar-refractivity contribution in [3.63, 3.8) is 0 Å². The lowest BCUT2D eigenvalue weighted by Gasteiger charge is -2.60. The first kappa shape index (κ1) is 6.66. The van der Waals surface area contributed by atoms with Crippen molar-refractivity contribution >= 4 is 0 Å². The van der Waals surface area contributed by atoms with Crippen molar-refractivity contribution < 1.29 is 0 Å². The van der Waals surface area contributed by atoms with Crippen LogP contribution in [0.3, 0.4) is 0 Å². The molecule has 1 nitrogen and oxygen atoms in total. The molecule has 3 rings (SSSR count). The number of piperidine rings is 2. The third-order valence-corrected chi connectivity index (χ3v) is 3.78. The summed E-state index contributed by atoms with van der Waals surface area (Å²) in [5.74, 6) is 1.04. The maximum absolute atomic E-state index is 2.53. The molecule has 3 aliphatic rings. The highest BCUT2D eigenvalue weighted by molar-refractivity contribution is 5.05. The Kier molecular flexibility index (Phi) is 1.17. The Bertz CT molecular complexity index is 149. The molecule has 10 heavy (non-hydrogen) atoms. The van der Waals surface area contributed by atoms with Gasteiger partial charge < -0.3 is 4.90 Å². The molecule has 2 aliphatic heterocycles. The molecule has 1 aliphatic carbocycles. The molecule has 0 aromatic rings. The molecule has 0 unspecified atom stereocenters. The van der Waals surface area contributed by atoms with Crippen LogP contribution in [0.1, 0.15) is 26.7 Å². The van der Waals surface area contributed by atoms with Gasteiger partial charge in [-0.1, -0.05) is 13.8 Å². The molecule has 1 saturated carbocycles. The monoisotopic (exact) mass is 139 g/mol. The summed E-state index contributed by atoms with van der Waals surface area (Å²) in [6.07, 6.45) is 2.89. The average Bonchev–Trinajstić information content (AvgIpc) is 1.87. The molecule has 0 aromatic carbocycles. The summed E-state index contributed by atoms with van der Waals surface area (Å²) in [5.41, 5.74) is 0.632. The molecule has 2 saturated heterocycles. The molecule has 0 spiro atoms. The van der Waals surface area contributed by atoms with Crippen LogP contribution in [0.2, 0.25) is 0 Å². The quantitative estimate of drug-likeness (QED) is 0.494. The zero-order valence-corrected chi connectivity index (χ0v) is 7.22. The van der Waals surface area contributed by atoms with Gasteiger partial charge in [-0.15, -0.1) is 0 Å². The van der Waals surface area contributed by atoms with Gasteiger partial charge in [-0.25, -0.2) is 0 Å². The molecular formula is C9H17N. The van der Waals surface area contributed by atoms with Gasteiger partial charge >= 0.3 is 0 Å². The predicted octanol–water partition coefficient (Wildman–Crippen LogP) is 1.74. The molecular weight excluding hydrogens is 122 g/mol. The van der Waals surface area contributed by atoms with E-state index in [1.54, 1.807) is 0 Å². The van der Waals surface area contributed by atoms with E-state index >= 15 is 0 Å². The Balaban J connectivity index is 2.16. The van der Waals surface area contributed by atoms with Gasteiger partial charge in [-0.05, 0) is 37.8 Å². The van der Waals surface area contributed by atoms with Crippen molar-refractivity contribution in [1.29, 1.82) is 0 Å². The summed E-state index contributed by atoms with van der Waals surface area (Å²) < 4.78 is 0. The highest BCUT2D eigenvalue weighted by Crippen LogP contribution is 2.53. The maximum Gasteiger partial charge on any atom is 0.0149 e. The van der Waals surface area contributed by atoms with Crippen LogP contribution < -0.4 is 0 Å². The van der Waals surface area contributed by atoms with E-state index in [1.165, 1.54) is 19.4 Å². The van der Waals surface area contributed by atoms with E-state index < -0.39 is 0 Å². The summed E-state index contributed by atoms with van der Waals surface area (Å²) in [7, 11) is 2.27. The molecule has 1 heteroatoms. The predicted molar refractivity (Wildman–Crippen MR) is 42.9 cm³/mol. The van der Waals surface area contributed by atoms with Crippen LogP contribution in [0.25, 0.3) is 0 Å². The first-order chi connectivity index (χ1) is 4.62. The zero-order chi connectivity index (χ0) is 7.35. The molecule has 3 fully saturated rings. The van der Waals surface area contributed by atoms with Crippen molar-refractivity contribution in [2.75, 3.05) is 13.6 Å². The lowest BCUT2D eigenvalue weighted by atomic mass is 9.55. The van der Waals surface area contributed by atoms with E-state index in [0.29, 0.717) is 5.41 Å². The highest BCUT2D eigenvalue weighted by atomic mass is 15.2. The molecule has 0 amide bonds. The second-order valence-electron chi connectivity index (χ2n) is 4.54. The molecule has 0 aromatic heterocycles. The summed E-state index contributed by atoms with van der Waals surface area (Å²) in [6.45, 7) is 6.17. The lowest BCUT2D eigenvalue weighted by Crippen LogP contribution is -2.62. The summed E-state index contributed by atoms with van der Waals surface area (Å²) in [4.78, 5) is 2.53. The van der Waals surface area contributed by atoms with Crippen molar-refractivity contribution in [3.05, 3.63) is 0 Å². The smallest absolute Gasteiger partial charge is 0.0149 e. The van der Waals surface area contributed by atoms with Gasteiger partial charge in [0, 0.05) is 6.04 Å². The Labute approximate surface area is 63.4 Å². The third kappa shape index (κ3) is 0.619. The van der Waals surface area contributed by atoms with Crippen molar-refractivity contribution in [3.8, 4) is 0 Å². The Hall–Kier alpha value is -0.0400. The standard InChI is InChI=1S/C9H17N/c1-9(2)7-4-5-10(3)8(9)6-7/h7-8H,4-6H2,1-3H3/t7-,8+/m0/s1. The van der Waals surface area contributed by atoms with Gasteiger partial charge in [0.1, 0.15) is 0 Å². The fraction of sp³-hybridized carbons (Fsp3) is 1.00. The summed E-state index contributed by atoms with van der Waals surface area (Å²) >= 11 is 0. The minimum absolute atomic E-state index is 0.632. The Morgan fingerprint density at radius 3 is 2.40 bits per heavy atom. The van der Waals surface area contributed by atoms with Crippen LogP contribution in [-0.4, -0.2) is 24.5 Å². The van der Waals surface area contributed by atoms with Gasteiger partial charge in [0.15, 0.2) is 0 Å². The van der Waals surface area contributed by atoms with Crippen LogP contribution >= 0.6 is 0 Å². The maximum atomic E-state index is 2.53. The largest absolute Gasteiger partial charge is 0.303 e. The topological polar surface area (TPSA) is 3.24 Å². The van der Waals surface area contributed by atoms with Gasteiger partial charge in [-0.3, -0.25) is 0 Å². The summed E-state index contributed by atoms with van der Waals surface area (Å²) in [5, 5.41) is 0. The third-order valence-electron chi connectivity index (χ3n) is 3.78. The second kappa shape index (κ2) is 1.76. The molecule has 2 heterocycles. The lowest BCUT2D eigenvalue weighted by molar-refractivity contribution is -0.101. The first-order valence-electron chi connectivity index (χ1n) is 4.32. The fourth-order valence-corrected chi connectivity index (χ4v) is 2.74. The van der Waals surface area contributed by atoms with Crippen molar-refractivity contribution in [1.82, 2.24) is 4.90 Å². The summed E-state index contributed by atoms with van der Waals surface area (Å²) in [6, 6.07) is 0.895. The second-order valence-corrected chi connectivity index (χ2v) is 4.54. The van der Waals surface area contributed by atoms with Crippen LogP contribution in [0, 0.1) is 11.3 Å². The van der Waals surface area contributed by atoms with Gasteiger partial charge in [0.25, 0.3) is 0 Å². The van der Waals surface area contributed by atoms with Gasteiger partial charge in [-0.2, -0.15) is 0 Å². The van der Waals surface area contributed by atoms with E-state index in [0.717, 1.165) is 12.0 Å². The number of rotatable bonds is 0. The van der Waals surface area contributed by atoms with Crippen LogP contribution in [-0.2, 0) is 0 Å². The van der Waals surface area contributed by atoms with Crippen LogP contribution in [0.15, 0.2) is 0 Å². The number of hydrogen-bond donors (Lipinski definition) is 0. The number of nitrogens with zero attached hydrogens (tertiary/aromatic N) is 1. The van der Waals surface area contributed by atoms with Crippen LogP contribution in [0.5, 0.6) is 0 Å². The Morgan fingerprint density at radius 2 is 2.10 bits per heavy atom. The van der Waals surface area contributed by atoms with Crippen molar-refractivity contribution in [2.45, 2.75) is 32.7 Å². The minimum atomic E-state index is 0.632. The fourth-order valence-electron chi connectivity index (χ4n) is 2.74. The van der Waals surface area contributed by atoms with E-state index in [-0.39, 0.29) is 0 Å². The molecule has 2 bridgehead atoms. The van der Waals surface area contributed by atoms with Crippen LogP contribution in [0.4, 0.5) is 0 Å². The molecule has 0 radical (unpaired) electrons. The SMILES string of the molecule is CN1CC[C@H]2C[C@@H]1C2(C)C. The van der Waals surface area contributed by atoms with E-state index in [1.807, 2.05) is 0 Å². The normalized spacial score (nSPS) is 44.7. The van der Waals surface area contributed by atoms with E-state index in [2.05, 4.69) is 25.8 Å². The number of fused-ring (bicyclic) bond motifs is 2. The zero-order valence-electron chi connectivity index (χ0n) is 7.22. The molecule has 0 N–H and O–H groups in total. The number of hydrogen-bond acceptors (Lipinski definition) is 1. The Morgan fingerprint density at radius 1 is 1.40 bits per heavy atom. The molecule has 58 valence electrons. The average molecular weight is 139 g/mol. The molecule has 2 atom stereocenters. The minimum Gasteiger partial charge on any atom is -0.303 e.